The van der Waals surface area contributed by atoms with Gasteiger partial charge in [0.2, 0.25) is 6.35 Å². The van der Waals surface area contributed by atoms with Crippen molar-refractivity contribution in [3.8, 4) is 0 Å². The van der Waals surface area contributed by atoms with E-state index in [2.05, 4.69) is 14.8 Å². The third-order valence-corrected chi connectivity index (χ3v) is 3.23. The molecule has 8 heteroatoms. The average molecular weight is 276 g/mol. The molecule has 0 aromatic rings. The topological polar surface area (TPSA) is 91.3 Å². The Labute approximate surface area is 107 Å². The Kier molecular flexibility index (Phi) is 4.19. The maximum Gasteiger partial charge on any atom is 0.251 e. The van der Waals surface area contributed by atoms with Gasteiger partial charge in [0.15, 0.2) is 0 Å². The van der Waals surface area contributed by atoms with Crippen LogP contribution in [0.2, 0.25) is 0 Å². The van der Waals surface area contributed by atoms with E-state index in [0.717, 1.165) is 0 Å². The highest BCUT2D eigenvalue weighted by Gasteiger charge is 2.39. The van der Waals surface area contributed by atoms with Gasteiger partial charge in [-0.15, -0.1) is 0 Å². The molecular weight excluding hydrogens is 259 g/mol. The van der Waals surface area contributed by atoms with Crippen LogP contribution >= 0.6 is 9.47 Å². The van der Waals surface area contributed by atoms with Crippen molar-refractivity contribution in [3.63, 3.8) is 0 Å². The fraction of sp³-hybridized carbons (Fsp3) is 0.700. The molecule has 4 unspecified atom stereocenters. The number of carbonyl (C=O) groups excluding carboxylic acids is 1. The fourth-order valence-corrected chi connectivity index (χ4v) is 2.23. The highest BCUT2D eigenvalue weighted by Crippen LogP contribution is 2.26. The summed E-state index contributed by atoms with van der Waals surface area (Å²) in [6.07, 6.45) is -0.856. The Morgan fingerprint density at radius 3 is 3.06 bits per heavy atom. The van der Waals surface area contributed by atoms with Crippen LogP contribution in [0.3, 0.4) is 0 Å². The molecule has 2 heterocycles. The van der Waals surface area contributed by atoms with Gasteiger partial charge < -0.3 is 29.7 Å². The summed E-state index contributed by atoms with van der Waals surface area (Å²) in [6.45, 7) is 1.89. The maximum absolute atomic E-state index is 11.3. The van der Waals surface area contributed by atoms with Crippen molar-refractivity contribution in [2.75, 3.05) is 6.61 Å². The zero-order chi connectivity index (χ0) is 13.3. The zero-order valence-corrected chi connectivity index (χ0v) is 11.1. The molecule has 0 aromatic heterocycles. The minimum Gasteiger partial charge on any atom is -0.390 e. The SMILES string of the molecule is CC1=CN([C@H]2CC(O)C(COP)O2)C(O)NC1=O. The summed E-state index contributed by atoms with van der Waals surface area (Å²) in [5, 5.41) is 22.0. The first-order valence-corrected chi connectivity index (χ1v) is 6.10. The predicted molar refractivity (Wildman–Crippen MR) is 64.7 cm³/mol. The standard InChI is InChI=1S/C10H17N2O5P/c1-5-3-12(10(15)11-9(5)14)8-2-6(13)7(17-8)4-16-18/h3,6-8,10,13,15H,2,4,18H2,1H3,(H,11,14)/t6?,7?,8-,10?/m1/s1. The molecule has 2 aliphatic rings. The summed E-state index contributed by atoms with van der Waals surface area (Å²) in [5.41, 5.74) is 0.476. The van der Waals surface area contributed by atoms with E-state index in [4.69, 9.17) is 9.26 Å². The second kappa shape index (κ2) is 5.50. The van der Waals surface area contributed by atoms with Crippen molar-refractivity contribution in [2.24, 2.45) is 0 Å². The molecule has 2 rings (SSSR count). The molecular formula is C10H17N2O5P. The van der Waals surface area contributed by atoms with Gasteiger partial charge in [0.1, 0.15) is 12.3 Å². The highest BCUT2D eigenvalue weighted by molar-refractivity contribution is 7.09. The van der Waals surface area contributed by atoms with Crippen LogP contribution < -0.4 is 5.32 Å². The molecule has 0 saturated carbocycles. The molecule has 0 spiro atoms. The average Bonchev–Trinajstić information content (AvgIpc) is 2.66. The Balaban J connectivity index is 2.06. The number of hydrogen-bond donors (Lipinski definition) is 3. The van der Waals surface area contributed by atoms with Gasteiger partial charge in [0.05, 0.1) is 12.7 Å². The number of ether oxygens (including phenoxy) is 1. The lowest BCUT2D eigenvalue weighted by Crippen LogP contribution is -2.53. The lowest BCUT2D eigenvalue weighted by Gasteiger charge is -2.35. The van der Waals surface area contributed by atoms with Gasteiger partial charge in [-0.05, 0) is 6.92 Å². The van der Waals surface area contributed by atoms with E-state index in [1.54, 1.807) is 6.92 Å². The minimum atomic E-state index is -1.14. The van der Waals surface area contributed by atoms with Crippen LogP contribution in [-0.4, -0.2) is 52.4 Å². The van der Waals surface area contributed by atoms with Gasteiger partial charge in [-0.1, -0.05) is 0 Å². The summed E-state index contributed by atoms with van der Waals surface area (Å²) >= 11 is 0. The van der Waals surface area contributed by atoms with Crippen molar-refractivity contribution < 1.29 is 24.3 Å². The lowest BCUT2D eigenvalue weighted by molar-refractivity contribution is -0.142. The summed E-state index contributed by atoms with van der Waals surface area (Å²) in [7, 11) is 2.10. The Hall–Kier alpha value is -0.720. The van der Waals surface area contributed by atoms with Crippen LogP contribution in [0.25, 0.3) is 0 Å². The second-order valence-corrected chi connectivity index (χ2v) is 4.71. The van der Waals surface area contributed by atoms with Gasteiger partial charge in [-0.3, -0.25) is 4.79 Å². The number of aliphatic hydroxyl groups excluding tert-OH is 2. The third-order valence-electron chi connectivity index (χ3n) is 3.04. The number of aliphatic hydroxyl groups is 2. The van der Waals surface area contributed by atoms with Crippen molar-refractivity contribution in [1.82, 2.24) is 10.2 Å². The Morgan fingerprint density at radius 1 is 1.67 bits per heavy atom. The van der Waals surface area contributed by atoms with Crippen LogP contribution in [0.4, 0.5) is 0 Å². The van der Waals surface area contributed by atoms with Crippen LogP contribution in [0, 0.1) is 0 Å². The van der Waals surface area contributed by atoms with E-state index >= 15 is 0 Å². The van der Waals surface area contributed by atoms with Crippen LogP contribution in [-0.2, 0) is 14.1 Å². The maximum atomic E-state index is 11.3. The van der Waals surface area contributed by atoms with E-state index in [1.807, 2.05) is 0 Å². The molecule has 1 saturated heterocycles. The van der Waals surface area contributed by atoms with E-state index in [1.165, 1.54) is 11.1 Å². The minimum absolute atomic E-state index is 0.251. The van der Waals surface area contributed by atoms with E-state index in [9.17, 15) is 15.0 Å². The number of carbonyl (C=O) groups is 1. The quantitative estimate of drug-likeness (QED) is 0.566. The van der Waals surface area contributed by atoms with Crippen molar-refractivity contribution in [2.45, 2.75) is 38.1 Å². The van der Waals surface area contributed by atoms with E-state index in [0.29, 0.717) is 12.0 Å². The van der Waals surface area contributed by atoms with Gasteiger partial charge in [-0.25, -0.2) is 0 Å². The second-order valence-electron chi connectivity index (χ2n) is 4.37. The smallest absolute Gasteiger partial charge is 0.251 e. The number of nitrogens with zero attached hydrogens (tertiary/aromatic N) is 1. The van der Waals surface area contributed by atoms with Gasteiger partial charge in [0.25, 0.3) is 5.91 Å². The first-order valence-electron chi connectivity index (χ1n) is 5.63. The molecule has 7 nitrogen and oxygen atoms in total. The highest BCUT2D eigenvalue weighted by atomic mass is 31.0. The Bertz CT molecular complexity index is 364. The van der Waals surface area contributed by atoms with E-state index in [-0.39, 0.29) is 12.5 Å². The molecule has 1 fully saturated rings. The Morgan fingerprint density at radius 2 is 2.39 bits per heavy atom. The molecule has 1 amide bonds. The normalized spacial score (nSPS) is 36.6. The van der Waals surface area contributed by atoms with Crippen molar-refractivity contribution >= 4 is 15.4 Å². The van der Waals surface area contributed by atoms with E-state index < -0.39 is 24.8 Å². The first kappa shape index (κ1) is 13.7. The van der Waals surface area contributed by atoms with Crippen LogP contribution in [0.1, 0.15) is 13.3 Å². The number of rotatable bonds is 3. The third kappa shape index (κ3) is 2.65. The van der Waals surface area contributed by atoms with Crippen LogP contribution in [0.15, 0.2) is 11.8 Å². The molecule has 0 radical (unpaired) electrons. The number of nitrogens with one attached hydrogen (secondary N) is 1. The molecule has 3 N–H and O–H groups in total. The largest absolute Gasteiger partial charge is 0.390 e. The van der Waals surface area contributed by atoms with Crippen molar-refractivity contribution in [3.05, 3.63) is 11.8 Å². The van der Waals surface area contributed by atoms with Gasteiger partial charge >= 0.3 is 0 Å². The monoisotopic (exact) mass is 276 g/mol. The van der Waals surface area contributed by atoms with Crippen molar-refractivity contribution in [1.29, 1.82) is 0 Å². The van der Waals surface area contributed by atoms with Gasteiger partial charge in [0, 0.05) is 27.7 Å². The van der Waals surface area contributed by atoms with Gasteiger partial charge in [-0.2, -0.15) is 0 Å². The summed E-state index contributed by atoms with van der Waals surface area (Å²) in [4.78, 5) is 12.8. The molecule has 102 valence electrons. The molecule has 0 aromatic carbocycles. The molecule has 0 bridgehead atoms. The number of hydrogen-bond acceptors (Lipinski definition) is 6. The first-order chi connectivity index (χ1) is 8.52. The molecule has 18 heavy (non-hydrogen) atoms. The lowest BCUT2D eigenvalue weighted by atomic mass is 10.2. The molecule has 5 atom stereocenters. The zero-order valence-electron chi connectivity index (χ0n) is 9.94. The summed E-state index contributed by atoms with van der Waals surface area (Å²) < 4.78 is 10.5. The number of amides is 1. The summed E-state index contributed by atoms with van der Waals surface area (Å²) in [5.74, 6) is -0.317. The van der Waals surface area contributed by atoms with Crippen LogP contribution in [0.5, 0.6) is 0 Å². The molecule has 2 aliphatic heterocycles. The predicted octanol–water partition coefficient (Wildman–Crippen LogP) is -1.12. The summed E-state index contributed by atoms with van der Waals surface area (Å²) in [6, 6.07) is 0. The molecule has 0 aliphatic carbocycles. The fourth-order valence-electron chi connectivity index (χ4n) is 2.04.